The molecule has 0 saturated carbocycles. The number of halogens is 2. The van der Waals surface area contributed by atoms with Gasteiger partial charge in [-0.3, -0.25) is 4.68 Å². The van der Waals surface area contributed by atoms with Gasteiger partial charge in [0, 0.05) is 11.3 Å². The van der Waals surface area contributed by atoms with Crippen molar-refractivity contribution in [3.05, 3.63) is 64.3 Å². The fraction of sp³-hybridized carbons (Fsp3) is 0.133. The van der Waals surface area contributed by atoms with E-state index in [9.17, 15) is 0 Å². The van der Waals surface area contributed by atoms with Crippen molar-refractivity contribution in [3.63, 3.8) is 0 Å². The van der Waals surface area contributed by atoms with E-state index < -0.39 is 0 Å². The fourth-order valence-electron chi connectivity index (χ4n) is 2.15. The monoisotopic (exact) mass is 334 g/mol. The van der Waals surface area contributed by atoms with Crippen LogP contribution in [0.2, 0.25) is 0 Å². The number of rotatable bonds is 3. The molecule has 19 heavy (non-hydrogen) atoms. The van der Waals surface area contributed by atoms with Crippen molar-refractivity contribution in [2.24, 2.45) is 0 Å². The number of hydrogen-bond donors (Lipinski definition) is 0. The Morgan fingerprint density at radius 1 is 1.05 bits per heavy atom. The van der Waals surface area contributed by atoms with Gasteiger partial charge in [0.05, 0.1) is 12.1 Å². The molecule has 0 saturated heterocycles. The van der Waals surface area contributed by atoms with Crippen molar-refractivity contribution in [3.8, 4) is 0 Å². The molecule has 0 unspecified atom stereocenters. The Kier molecular flexibility index (Phi) is 3.58. The summed E-state index contributed by atoms with van der Waals surface area (Å²) in [5.41, 5.74) is 3.46. The van der Waals surface area contributed by atoms with Crippen molar-refractivity contribution >= 4 is 38.4 Å². The van der Waals surface area contributed by atoms with Gasteiger partial charge in [0.1, 0.15) is 4.60 Å². The Morgan fingerprint density at radius 2 is 1.84 bits per heavy atom. The molecule has 1 heterocycles. The minimum absolute atomic E-state index is 0.520. The van der Waals surface area contributed by atoms with E-state index in [0.29, 0.717) is 5.88 Å². The fourth-order valence-corrected chi connectivity index (χ4v) is 2.82. The SMILES string of the molecule is ClCc1ccc2c(c1)c(Br)nn2Cc1ccccc1. The summed E-state index contributed by atoms with van der Waals surface area (Å²) in [5.74, 6) is 0.520. The lowest BCUT2D eigenvalue weighted by Gasteiger charge is -2.04. The van der Waals surface area contributed by atoms with Crippen LogP contribution in [0.5, 0.6) is 0 Å². The standard InChI is InChI=1S/C15H12BrClN2/c16-15-13-8-12(9-17)6-7-14(13)19(18-15)10-11-4-2-1-3-5-11/h1-8H,9-10H2. The highest BCUT2D eigenvalue weighted by molar-refractivity contribution is 9.10. The summed E-state index contributed by atoms with van der Waals surface area (Å²) in [7, 11) is 0. The highest BCUT2D eigenvalue weighted by Crippen LogP contribution is 2.25. The van der Waals surface area contributed by atoms with Crippen molar-refractivity contribution in [1.82, 2.24) is 9.78 Å². The summed E-state index contributed by atoms with van der Waals surface area (Å²) in [5, 5.41) is 5.66. The third-order valence-electron chi connectivity index (χ3n) is 3.10. The van der Waals surface area contributed by atoms with E-state index in [2.05, 4.69) is 45.3 Å². The molecule has 96 valence electrons. The number of fused-ring (bicyclic) bond motifs is 1. The van der Waals surface area contributed by atoms with Crippen LogP contribution in [0.25, 0.3) is 10.9 Å². The molecule has 2 aromatic carbocycles. The van der Waals surface area contributed by atoms with E-state index in [-0.39, 0.29) is 0 Å². The summed E-state index contributed by atoms with van der Waals surface area (Å²) in [4.78, 5) is 0. The maximum atomic E-state index is 5.87. The molecule has 4 heteroatoms. The zero-order chi connectivity index (χ0) is 13.2. The van der Waals surface area contributed by atoms with Gasteiger partial charge >= 0.3 is 0 Å². The van der Waals surface area contributed by atoms with Crippen molar-refractivity contribution in [1.29, 1.82) is 0 Å². The smallest absolute Gasteiger partial charge is 0.136 e. The number of alkyl halides is 1. The molecule has 0 amide bonds. The molecule has 2 nitrogen and oxygen atoms in total. The quantitative estimate of drug-likeness (QED) is 0.640. The van der Waals surface area contributed by atoms with Gasteiger partial charge in [-0.2, -0.15) is 5.10 Å². The number of aromatic nitrogens is 2. The first kappa shape index (κ1) is 12.7. The summed E-state index contributed by atoms with van der Waals surface area (Å²) < 4.78 is 2.87. The van der Waals surface area contributed by atoms with Crippen LogP contribution in [0.3, 0.4) is 0 Å². The molecule has 0 fully saturated rings. The van der Waals surface area contributed by atoms with Crippen LogP contribution in [-0.4, -0.2) is 9.78 Å². The molecule has 0 N–H and O–H groups in total. The van der Waals surface area contributed by atoms with Crippen molar-refractivity contribution in [2.75, 3.05) is 0 Å². The molecule has 0 radical (unpaired) electrons. The Bertz CT molecular complexity index is 707. The Labute approximate surface area is 125 Å². The topological polar surface area (TPSA) is 17.8 Å². The Hall–Kier alpha value is -1.32. The van der Waals surface area contributed by atoms with E-state index in [1.165, 1.54) is 5.56 Å². The van der Waals surface area contributed by atoms with E-state index in [4.69, 9.17) is 11.6 Å². The number of nitrogens with zero attached hydrogens (tertiary/aromatic N) is 2. The van der Waals surface area contributed by atoms with Gasteiger partial charge in [0.15, 0.2) is 0 Å². The zero-order valence-corrected chi connectivity index (χ0v) is 12.5. The zero-order valence-electron chi connectivity index (χ0n) is 10.2. The summed E-state index contributed by atoms with van der Waals surface area (Å²) >= 11 is 9.39. The van der Waals surface area contributed by atoms with Crippen LogP contribution in [0.1, 0.15) is 11.1 Å². The van der Waals surface area contributed by atoms with Gasteiger partial charge in [0.2, 0.25) is 0 Å². The largest absolute Gasteiger partial charge is 0.259 e. The van der Waals surface area contributed by atoms with Crippen LogP contribution in [0.15, 0.2) is 53.1 Å². The van der Waals surface area contributed by atoms with Gasteiger partial charge in [-0.05, 0) is 39.2 Å². The van der Waals surface area contributed by atoms with E-state index in [1.54, 1.807) is 0 Å². The van der Waals surface area contributed by atoms with E-state index in [1.807, 2.05) is 28.9 Å². The lowest BCUT2D eigenvalue weighted by Crippen LogP contribution is -2.01. The first-order valence-corrected chi connectivity index (χ1v) is 7.35. The van der Waals surface area contributed by atoms with Gasteiger partial charge < -0.3 is 0 Å². The predicted molar refractivity (Wildman–Crippen MR) is 82.5 cm³/mol. The molecule has 0 atom stereocenters. The minimum atomic E-state index is 0.520. The molecule has 3 aromatic rings. The lowest BCUT2D eigenvalue weighted by atomic mass is 10.2. The molecule has 0 aliphatic heterocycles. The maximum Gasteiger partial charge on any atom is 0.136 e. The number of hydrogen-bond acceptors (Lipinski definition) is 1. The summed E-state index contributed by atoms with van der Waals surface area (Å²) in [6.07, 6.45) is 0. The summed E-state index contributed by atoms with van der Waals surface area (Å²) in [6.45, 7) is 0.767. The third kappa shape index (κ3) is 2.53. The molecule has 0 aliphatic carbocycles. The van der Waals surface area contributed by atoms with E-state index in [0.717, 1.165) is 27.6 Å². The second kappa shape index (κ2) is 5.35. The van der Waals surface area contributed by atoms with Gasteiger partial charge in [-0.1, -0.05) is 36.4 Å². The number of benzene rings is 2. The molecular formula is C15H12BrClN2. The first-order chi connectivity index (χ1) is 9.28. The van der Waals surface area contributed by atoms with Crippen molar-refractivity contribution < 1.29 is 0 Å². The van der Waals surface area contributed by atoms with Crippen molar-refractivity contribution in [2.45, 2.75) is 12.4 Å². The second-order valence-electron chi connectivity index (χ2n) is 4.42. The molecule has 3 rings (SSSR count). The Morgan fingerprint density at radius 3 is 2.58 bits per heavy atom. The molecule has 0 aliphatic rings. The average molecular weight is 336 g/mol. The van der Waals surface area contributed by atoms with Crippen LogP contribution in [-0.2, 0) is 12.4 Å². The highest BCUT2D eigenvalue weighted by atomic mass is 79.9. The lowest BCUT2D eigenvalue weighted by molar-refractivity contribution is 0.706. The predicted octanol–water partition coefficient (Wildman–Crippen LogP) is 4.59. The van der Waals surface area contributed by atoms with Crippen LogP contribution in [0.4, 0.5) is 0 Å². The van der Waals surface area contributed by atoms with Gasteiger partial charge in [-0.25, -0.2) is 0 Å². The molecule has 1 aromatic heterocycles. The average Bonchev–Trinajstić information content (AvgIpc) is 2.76. The third-order valence-corrected chi connectivity index (χ3v) is 3.99. The molecule has 0 bridgehead atoms. The molecular weight excluding hydrogens is 324 g/mol. The van der Waals surface area contributed by atoms with Crippen LogP contribution < -0.4 is 0 Å². The normalized spacial score (nSPS) is 11.1. The summed E-state index contributed by atoms with van der Waals surface area (Å²) in [6, 6.07) is 16.5. The van der Waals surface area contributed by atoms with Gasteiger partial charge in [0.25, 0.3) is 0 Å². The first-order valence-electron chi connectivity index (χ1n) is 6.03. The maximum absolute atomic E-state index is 5.87. The van der Waals surface area contributed by atoms with Crippen LogP contribution >= 0.6 is 27.5 Å². The minimum Gasteiger partial charge on any atom is -0.259 e. The highest BCUT2D eigenvalue weighted by Gasteiger charge is 2.09. The second-order valence-corrected chi connectivity index (χ2v) is 5.44. The molecule has 0 spiro atoms. The Balaban J connectivity index is 2.05. The van der Waals surface area contributed by atoms with Crippen LogP contribution in [0, 0.1) is 0 Å². The van der Waals surface area contributed by atoms with Gasteiger partial charge in [-0.15, -0.1) is 11.6 Å². The van der Waals surface area contributed by atoms with E-state index >= 15 is 0 Å².